The first kappa shape index (κ1) is 17.8. The highest BCUT2D eigenvalue weighted by Gasteiger charge is 2.30. The van der Waals surface area contributed by atoms with Crippen molar-refractivity contribution < 1.29 is 27.4 Å². The van der Waals surface area contributed by atoms with Crippen LogP contribution in [0.1, 0.15) is 17.4 Å². The summed E-state index contributed by atoms with van der Waals surface area (Å²) in [6.45, 7) is 0. The highest BCUT2D eigenvalue weighted by atomic mass is 79.9. The van der Waals surface area contributed by atoms with Gasteiger partial charge in [0.05, 0.1) is 11.1 Å². The maximum atomic E-state index is 12.8. The lowest BCUT2D eigenvalue weighted by Gasteiger charge is -2.18. The molecule has 0 radical (unpaired) electrons. The summed E-state index contributed by atoms with van der Waals surface area (Å²) in [5.41, 5.74) is -0.217. The molecule has 0 unspecified atom stereocenters. The Labute approximate surface area is 140 Å². The third-order valence-electron chi connectivity index (χ3n) is 3.04. The Morgan fingerprint density at radius 1 is 1.00 bits per heavy atom. The molecule has 0 atom stereocenters. The van der Waals surface area contributed by atoms with Crippen molar-refractivity contribution in [2.45, 2.75) is 12.5 Å². The van der Waals surface area contributed by atoms with Gasteiger partial charge in [-0.25, -0.2) is 0 Å². The van der Waals surface area contributed by atoms with Crippen LogP contribution in [-0.2, 0) is 15.7 Å². The third-order valence-corrected chi connectivity index (χ3v) is 3.54. The van der Waals surface area contributed by atoms with Gasteiger partial charge in [0.25, 0.3) is 0 Å². The molecule has 0 spiro atoms. The van der Waals surface area contributed by atoms with Crippen LogP contribution in [0.15, 0.2) is 46.9 Å². The van der Waals surface area contributed by atoms with Crippen molar-refractivity contribution in [3.05, 3.63) is 58.1 Å². The van der Waals surface area contributed by atoms with E-state index < -0.39 is 18.0 Å². The van der Waals surface area contributed by atoms with Crippen LogP contribution in [0.2, 0.25) is 0 Å². The minimum Gasteiger partial charge on any atom is -0.457 e. The van der Waals surface area contributed by atoms with E-state index in [2.05, 4.69) is 15.9 Å². The second-order valence-electron chi connectivity index (χ2n) is 4.61. The first-order valence-electron chi connectivity index (χ1n) is 6.55. The fraction of sp³-hybridized carbons (Fsp3) is 0.250. The molecule has 0 aliphatic heterocycles. The van der Waals surface area contributed by atoms with Gasteiger partial charge < -0.3 is 14.2 Å². The number of methoxy groups -OCH3 is 2. The van der Waals surface area contributed by atoms with E-state index in [1.807, 2.05) is 0 Å². The molecule has 2 aromatic carbocycles. The lowest BCUT2D eigenvalue weighted by Crippen LogP contribution is -2.06. The van der Waals surface area contributed by atoms with Gasteiger partial charge in [0.1, 0.15) is 11.5 Å². The van der Waals surface area contributed by atoms with E-state index in [4.69, 9.17) is 14.2 Å². The van der Waals surface area contributed by atoms with E-state index >= 15 is 0 Å². The van der Waals surface area contributed by atoms with Crippen molar-refractivity contribution in [2.24, 2.45) is 0 Å². The second kappa shape index (κ2) is 7.33. The van der Waals surface area contributed by atoms with Crippen LogP contribution in [0.4, 0.5) is 13.2 Å². The molecule has 23 heavy (non-hydrogen) atoms. The summed E-state index contributed by atoms with van der Waals surface area (Å²) < 4.78 is 55.1. The molecule has 0 aliphatic carbocycles. The fourth-order valence-electron chi connectivity index (χ4n) is 2.01. The van der Waals surface area contributed by atoms with Crippen LogP contribution in [0, 0.1) is 0 Å². The SMILES string of the molecule is COC(OC)c1cc(Br)ccc1Oc1cccc(C(F)(F)F)c1. The van der Waals surface area contributed by atoms with Crippen molar-refractivity contribution in [1.29, 1.82) is 0 Å². The van der Waals surface area contributed by atoms with E-state index in [0.29, 0.717) is 11.3 Å². The van der Waals surface area contributed by atoms with Crippen LogP contribution >= 0.6 is 15.9 Å². The Kier molecular flexibility index (Phi) is 5.67. The van der Waals surface area contributed by atoms with Gasteiger partial charge in [0, 0.05) is 18.7 Å². The maximum absolute atomic E-state index is 12.8. The first-order valence-corrected chi connectivity index (χ1v) is 7.34. The smallest absolute Gasteiger partial charge is 0.416 e. The van der Waals surface area contributed by atoms with E-state index in [0.717, 1.165) is 16.6 Å². The second-order valence-corrected chi connectivity index (χ2v) is 5.53. The summed E-state index contributed by atoms with van der Waals surface area (Å²) in [7, 11) is 2.92. The van der Waals surface area contributed by atoms with Crippen LogP contribution < -0.4 is 4.74 Å². The summed E-state index contributed by atoms with van der Waals surface area (Å²) >= 11 is 3.33. The molecule has 0 bridgehead atoms. The van der Waals surface area contributed by atoms with Gasteiger partial charge in [-0.05, 0) is 36.4 Å². The molecule has 3 nitrogen and oxygen atoms in total. The quantitative estimate of drug-likeness (QED) is 0.626. The Morgan fingerprint density at radius 2 is 1.70 bits per heavy atom. The predicted molar refractivity (Wildman–Crippen MR) is 82.4 cm³/mol. The molecule has 0 aromatic heterocycles. The summed E-state index contributed by atoms with van der Waals surface area (Å²) in [5.74, 6) is 0.426. The lowest BCUT2D eigenvalue weighted by atomic mass is 10.2. The molecule has 124 valence electrons. The zero-order valence-corrected chi connectivity index (χ0v) is 13.9. The molecule has 0 N–H and O–H groups in total. The molecule has 2 aromatic rings. The van der Waals surface area contributed by atoms with Gasteiger partial charge in [-0.3, -0.25) is 0 Å². The largest absolute Gasteiger partial charge is 0.457 e. The van der Waals surface area contributed by atoms with Crippen LogP contribution in [-0.4, -0.2) is 14.2 Å². The molecule has 7 heteroatoms. The van der Waals surface area contributed by atoms with Crippen LogP contribution in [0.25, 0.3) is 0 Å². The molecule has 0 fully saturated rings. The molecule has 0 amide bonds. The number of hydrogen-bond acceptors (Lipinski definition) is 3. The highest BCUT2D eigenvalue weighted by Crippen LogP contribution is 2.36. The summed E-state index contributed by atoms with van der Waals surface area (Å²) in [6, 6.07) is 9.75. The van der Waals surface area contributed by atoms with Crippen molar-refractivity contribution in [1.82, 2.24) is 0 Å². The van der Waals surface area contributed by atoms with E-state index in [1.165, 1.54) is 26.4 Å². The summed E-state index contributed by atoms with van der Waals surface area (Å²) in [5, 5.41) is 0. The molecule has 2 rings (SSSR count). The van der Waals surface area contributed by atoms with Crippen molar-refractivity contribution >= 4 is 15.9 Å². The average Bonchev–Trinajstić information content (AvgIpc) is 2.50. The number of hydrogen-bond donors (Lipinski definition) is 0. The normalized spacial score (nSPS) is 11.8. The number of alkyl halides is 3. The van der Waals surface area contributed by atoms with Crippen molar-refractivity contribution in [2.75, 3.05) is 14.2 Å². The van der Waals surface area contributed by atoms with Crippen molar-refractivity contribution in [3.8, 4) is 11.5 Å². The topological polar surface area (TPSA) is 27.7 Å². The monoisotopic (exact) mass is 390 g/mol. The third kappa shape index (κ3) is 4.46. The van der Waals surface area contributed by atoms with Gasteiger partial charge in [0.2, 0.25) is 0 Å². The van der Waals surface area contributed by atoms with E-state index in [1.54, 1.807) is 18.2 Å². The molecule has 0 saturated carbocycles. The number of ether oxygens (including phenoxy) is 3. The summed E-state index contributed by atoms with van der Waals surface area (Å²) in [6.07, 6.45) is -5.13. The van der Waals surface area contributed by atoms with Crippen LogP contribution in [0.3, 0.4) is 0 Å². The summed E-state index contributed by atoms with van der Waals surface area (Å²) in [4.78, 5) is 0. The Morgan fingerprint density at radius 3 is 2.30 bits per heavy atom. The molecular weight excluding hydrogens is 377 g/mol. The fourth-order valence-corrected chi connectivity index (χ4v) is 2.39. The number of rotatable bonds is 5. The standard InChI is InChI=1S/C16H14BrF3O3/c1-21-15(22-2)13-9-11(17)6-7-14(13)23-12-5-3-4-10(8-12)16(18,19)20/h3-9,15H,1-2H3. The van der Waals surface area contributed by atoms with E-state index in [-0.39, 0.29) is 5.75 Å². The zero-order chi connectivity index (χ0) is 17.0. The van der Waals surface area contributed by atoms with E-state index in [9.17, 15) is 13.2 Å². The lowest BCUT2D eigenvalue weighted by molar-refractivity contribution is -0.137. The Bertz CT molecular complexity index is 670. The predicted octanol–water partition coefficient (Wildman–Crippen LogP) is 5.55. The number of benzene rings is 2. The molecule has 0 heterocycles. The zero-order valence-electron chi connectivity index (χ0n) is 12.4. The number of halogens is 4. The van der Waals surface area contributed by atoms with Gasteiger partial charge >= 0.3 is 6.18 Å². The Balaban J connectivity index is 2.37. The van der Waals surface area contributed by atoms with Gasteiger partial charge in [-0.15, -0.1) is 0 Å². The van der Waals surface area contributed by atoms with Gasteiger partial charge in [-0.1, -0.05) is 22.0 Å². The highest BCUT2D eigenvalue weighted by molar-refractivity contribution is 9.10. The van der Waals surface area contributed by atoms with Gasteiger partial charge in [0.15, 0.2) is 6.29 Å². The first-order chi connectivity index (χ1) is 10.8. The molecule has 0 aliphatic rings. The maximum Gasteiger partial charge on any atom is 0.416 e. The average molecular weight is 391 g/mol. The van der Waals surface area contributed by atoms with Crippen LogP contribution in [0.5, 0.6) is 11.5 Å². The van der Waals surface area contributed by atoms with Gasteiger partial charge in [-0.2, -0.15) is 13.2 Å². The molecule has 0 saturated heterocycles. The minimum absolute atomic E-state index is 0.0781. The minimum atomic E-state index is -4.43. The molecular formula is C16H14BrF3O3. The van der Waals surface area contributed by atoms with Crippen molar-refractivity contribution in [3.63, 3.8) is 0 Å². The Hall–Kier alpha value is -1.57.